The summed E-state index contributed by atoms with van der Waals surface area (Å²) in [7, 11) is 0. The molecule has 1 aromatic rings. The molecule has 0 radical (unpaired) electrons. The van der Waals surface area contributed by atoms with Gasteiger partial charge in [0.25, 0.3) is 0 Å². The SMILES string of the molecule is C=CCNC(=O)CSc1nnc(CC23CC4CC(CC(C4)C2)C3)n1C1CC1. The second-order valence-electron chi connectivity index (χ2n) is 9.48. The molecule has 5 nitrogen and oxygen atoms in total. The van der Waals surface area contributed by atoms with Gasteiger partial charge < -0.3 is 9.88 Å². The van der Waals surface area contributed by atoms with Crippen LogP contribution in [0, 0.1) is 23.2 Å². The van der Waals surface area contributed by atoms with Crippen molar-refractivity contribution in [2.45, 2.75) is 69.0 Å². The Balaban J connectivity index is 1.31. The molecule has 1 aromatic heterocycles. The number of rotatable bonds is 8. The van der Waals surface area contributed by atoms with E-state index < -0.39 is 0 Å². The van der Waals surface area contributed by atoms with Crippen LogP contribution in [0.5, 0.6) is 0 Å². The minimum Gasteiger partial charge on any atom is -0.352 e. The third-order valence-corrected chi connectivity index (χ3v) is 8.06. The maximum absolute atomic E-state index is 11.9. The van der Waals surface area contributed by atoms with E-state index in [9.17, 15) is 4.79 Å². The summed E-state index contributed by atoms with van der Waals surface area (Å²) in [6, 6.07) is 0.558. The van der Waals surface area contributed by atoms with E-state index in [0.717, 1.165) is 29.3 Å². The van der Waals surface area contributed by atoms with Crippen molar-refractivity contribution in [3.63, 3.8) is 0 Å². The van der Waals surface area contributed by atoms with Gasteiger partial charge in [0.2, 0.25) is 5.91 Å². The maximum atomic E-state index is 11.9. The first-order valence-electron chi connectivity index (χ1n) is 10.6. The predicted octanol–water partition coefficient (Wildman–Crippen LogP) is 3.77. The molecular formula is C21H30N4OS. The van der Waals surface area contributed by atoms with Crippen LogP contribution in [-0.2, 0) is 11.2 Å². The number of thioether (sulfide) groups is 1. The van der Waals surface area contributed by atoms with Crippen LogP contribution in [0.3, 0.4) is 0 Å². The van der Waals surface area contributed by atoms with Crippen molar-refractivity contribution in [3.8, 4) is 0 Å². The largest absolute Gasteiger partial charge is 0.352 e. The van der Waals surface area contributed by atoms with Crippen LogP contribution in [0.4, 0.5) is 0 Å². The van der Waals surface area contributed by atoms with Gasteiger partial charge in [-0.3, -0.25) is 4.79 Å². The summed E-state index contributed by atoms with van der Waals surface area (Å²) in [4.78, 5) is 11.9. The van der Waals surface area contributed by atoms with Gasteiger partial charge >= 0.3 is 0 Å². The van der Waals surface area contributed by atoms with Crippen LogP contribution < -0.4 is 5.32 Å². The van der Waals surface area contributed by atoms with Gasteiger partial charge in [-0.05, 0) is 74.5 Å². The summed E-state index contributed by atoms with van der Waals surface area (Å²) in [5.41, 5.74) is 0.484. The first-order valence-corrected chi connectivity index (χ1v) is 11.6. The number of nitrogens with one attached hydrogen (secondary N) is 1. The number of amides is 1. The van der Waals surface area contributed by atoms with Crippen LogP contribution >= 0.6 is 11.8 Å². The molecule has 1 N–H and O–H groups in total. The maximum Gasteiger partial charge on any atom is 0.230 e. The van der Waals surface area contributed by atoms with Crippen molar-refractivity contribution in [1.82, 2.24) is 20.1 Å². The van der Waals surface area contributed by atoms with Crippen molar-refractivity contribution in [1.29, 1.82) is 0 Å². The number of aromatic nitrogens is 3. The summed E-state index contributed by atoms with van der Waals surface area (Å²) in [6.45, 7) is 4.16. The predicted molar refractivity (Wildman–Crippen MR) is 107 cm³/mol. The van der Waals surface area contributed by atoms with Crippen molar-refractivity contribution in [2.75, 3.05) is 12.3 Å². The zero-order chi connectivity index (χ0) is 18.4. The number of hydrogen-bond acceptors (Lipinski definition) is 4. The summed E-state index contributed by atoms with van der Waals surface area (Å²) in [5.74, 6) is 4.53. The van der Waals surface area contributed by atoms with Gasteiger partial charge in [0.15, 0.2) is 5.16 Å². The van der Waals surface area contributed by atoms with E-state index in [4.69, 9.17) is 0 Å². The monoisotopic (exact) mass is 386 g/mol. The summed E-state index contributed by atoms with van der Waals surface area (Å²) < 4.78 is 2.38. The second kappa shape index (κ2) is 6.94. The van der Waals surface area contributed by atoms with Crippen molar-refractivity contribution in [3.05, 3.63) is 18.5 Å². The van der Waals surface area contributed by atoms with Crippen molar-refractivity contribution < 1.29 is 4.79 Å². The zero-order valence-corrected chi connectivity index (χ0v) is 16.8. The molecule has 1 heterocycles. The summed E-state index contributed by atoms with van der Waals surface area (Å²) in [6.07, 6.45) is 13.9. The highest BCUT2D eigenvalue weighted by atomic mass is 32.2. The Labute approximate surface area is 165 Å². The van der Waals surface area contributed by atoms with Crippen LogP contribution in [0.25, 0.3) is 0 Å². The molecule has 6 heteroatoms. The number of hydrogen-bond donors (Lipinski definition) is 1. The molecule has 1 amide bonds. The molecule has 0 unspecified atom stereocenters. The third kappa shape index (κ3) is 3.57. The standard InChI is InChI=1S/C21H30N4OS/c1-2-5-22-19(26)13-27-20-24-23-18(25(20)17-3-4-17)12-21-9-14-6-15(10-21)8-16(7-14)11-21/h2,14-17H,1,3-13H2,(H,22,26). The Morgan fingerprint density at radius 3 is 2.44 bits per heavy atom. The lowest BCUT2D eigenvalue weighted by Gasteiger charge is -2.56. The lowest BCUT2D eigenvalue weighted by molar-refractivity contribution is -0.118. The Kier molecular flexibility index (Phi) is 4.57. The smallest absolute Gasteiger partial charge is 0.230 e. The quantitative estimate of drug-likeness (QED) is 0.546. The van der Waals surface area contributed by atoms with Crippen molar-refractivity contribution in [2.24, 2.45) is 23.2 Å². The number of carbonyl (C=O) groups is 1. The van der Waals surface area contributed by atoms with E-state index >= 15 is 0 Å². The van der Waals surface area contributed by atoms with Crippen LogP contribution in [0.2, 0.25) is 0 Å². The van der Waals surface area contributed by atoms with Crippen LogP contribution in [-0.4, -0.2) is 33.0 Å². The Morgan fingerprint density at radius 2 is 1.85 bits per heavy atom. The lowest BCUT2D eigenvalue weighted by Crippen LogP contribution is -2.47. The molecular weight excluding hydrogens is 356 g/mol. The van der Waals surface area contributed by atoms with Gasteiger partial charge in [0.1, 0.15) is 5.82 Å². The molecule has 5 fully saturated rings. The second-order valence-corrected chi connectivity index (χ2v) is 10.4. The Bertz CT molecular complexity index is 703. The highest BCUT2D eigenvalue weighted by molar-refractivity contribution is 7.99. The van der Waals surface area contributed by atoms with E-state index in [1.165, 1.54) is 69.0 Å². The van der Waals surface area contributed by atoms with Gasteiger partial charge in [0.05, 0.1) is 5.75 Å². The molecule has 27 heavy (non-hydrogen) atoms. The minimum absolute atomic E-state index is 0.0351. The summed E-state index contributed by atoms with van der Waals surface area (Å²) in [5, 5.41) is 12.9. The van der Waals surface area contributed by atoms with Gasteiger partial charge in [-0.1, -0.05) is 17.8 Å². The normalized spacial score (nSPS) is 34.0. The fraction of sp³-hybridized carbons (Fsp3) is 0.762. The van der Waals surface area contributed by atoms with E-state index in [-0.39, 0.29) is 5.91 Å². The van der Waals surface area contributed by atoms with E-state index in [1.54, 1.807) is 6.08 Å². The molecule has 0 aliphatic heterocycles. The Morgan fingerprint density at radius 1 is 1.19 bits per heavy atom. The topological polar surface area (TPSA) is 59.8 Å². The molecule has 5 aliphatic rings. The fourth-order valence-corrected chi connectivity index (χ4v) is 7.29. The first-order chi connectivity index (χ1) is 13.1. The fourth-order valence-electron chi connectivity index (χ4n) is 6.43. The van der Waals surface area contributed by atoms with Gasteiger partial charge in [-0.25, -0.2) is 0 Å². The van der Waals surface area contributed by atoms with E-state index in [1.807, 2.05) is 0 Å². The zero-order valence-electron chi connectivity index (χ0n) is 16.0. The molecule has 5 aliphatic carbocycles. The average molecular weight is 387 g/mol. The number of nitrogens with zero attached hydrogens (tertiary/aromatic N) is 3. The van der Waals surface area contributed by atoms with Gasteiger partial charge in [-0.2, -0.15) is 0 Å². The van der Waals surface area contributed by atoms with Gasteiger partial charge in [-0.15, -0.1) is 16.8 Å². The number of carbonyl (C=O) groups excluding carboxylic acids is 1. The minimum atomic E-state index is 0.0351. The summed E-state index contributed by atoms with van der Waals surface area (Å²) >= 11 is 1.53. The molecule has 0 saturated heterocycles. The van der Waals surface area contributed by atoms with Crippen molar-refractivity contribution >= 4 is 17.7 Å². The van der Waals surface area contributed by atoms with Crippen LogP contribution in [0.15, 0.2) is 17.8 Å². The molecule has 0 spiro atoms. The highest BCUT2D eigenvalue weighted by Gasteiger charge is 2.51. The lowest BCUT2D eigenvalue weighted by atomic mass is 9.49. The molecule has 5 saturated carbocycles. The third-order valence-electron chi connectivity index (χ3n) is 7.12. The highest BCUT2D eigenvalue weighted by Crippen LogP contribution is 2.61. The first kappa shape index (κ1) is 17.8. The Hall–Kier alpha value is -1.30. The van der Waals surface area contributed by atoms with Crippen LogP contribution in [0.1, 0.15) is 63.2 Å². The van der Waals surface area contributed by atoms with E-state index in [0.29, 0.717) is 23.8 Å². The molecule has 6 rings (SSSR count). The molecule has 0 atom stereocenters. The molecule has 0 aromatic carbocycles. The van der Waals surface area contributed by atoms with Gasteiger partial charge in [0, 0.05) is 19.0 Å². The molecule has 146 valence electrons. The average Bonchev–Trinajstić information content (AvgIpc) is 3.38. The molecule has 4 bridgehead atoms. The van der Waals surface area contributed by atoms with E-state index in [2.05, 4.69) is 26.7 Å².